The number of anilines is 1. The highest BCUT2D eigenvalue weighted by Gasteiger charge is 2.06. The van der Waals surface area contributed by atoms with Gasteiger partial charge in [0.25, 0.3) is 0 Å². The highest BCUT2D eigenvalue weighted by molar-refractivity contribution is 7.99. The molecule has 2 N–H and O–H groups in total. The number of thioether (sulfide) groups is 1. The van der Waals surface area contributed by atoms with E-state index in [2.05, 4.69) is 20.3 Å². The summed E-state index contributed by atoms with van der Waals surface area (Å²) in [6.45, 7) is 1.13. The van der Waals surface area contributed by atoms with Crippen molar-refractivity contribution in [2.45, 2.75) is 11.6 Å². The first-order valence-corrected chi connectivity index (χ1v) is 10.3. The van der Waals surface area contributed by atoms with Crippen molar-refractivity contribution in [1.29, 1.82) is 0 Å². The van der Waals surface area contributed by atoms with E-state index in [-0.39, 0.29) is 11.0 Å². The van der Waals surface area contributed by atoms with E-state index < -0.39 is 0 Å². The maximum Gasteiger partial charge on any atom is 0.228 e. The van der Waals surface area contributed by atoms with Crippen LogP contribution in [0.1, 0.15) is 5.56 Å². The molecule has 3 rings (SSSR count). The standard InChI is InChI=1S/C19H18Cl2N4O2S/c20-14-3-7-16(8-4-14)27-11-12-28-19-24-17(21)23-18(25-19)22-10-9-13-1-5-15(26)6-2-13/h1-8,26H,9-12H2,(H,22,23,24,25). The second kappa shape index (κ2) is 10.4. The van der Waals surface area contributed by atoms with Crippen LogP contribution in [0.4, 0.5) is 5.95 Å². The molecule has 146 valence electrons. The fraction of sp³-hybridized carbons (Fsp3) is 0.211. The van der Waals surface area contributed by atoms with Gasteiger partial charge in [-0.2, -0.15) is 15.0 Å². The smallest absolute Gasteiger partial charge is 0.228 e. The first kappa shape index (κ1) is 20.5. The minimum Gasteiger partial charge on any atom is -0.508 e. The van der Waals surface area contributed by atoms with Crippen LogP contribution in [0.3, 0.4) is 0 Å². The number of aromatic nitrogens is 3. The van der Waals surface area contributed by atoms with Crippen LogP contribution in [-0.4, -0.2) is 39.0 Å². The van der Waals surface area contributed by atoms with E-state index in [0.29, 0.717) is 35.0 Å². The molecule has 0 bridgehead atoms. The lowest BCUT2D eigenvalue weighted by Gasteiger charge is -2.08. The Bertz CT molecular complexity index is 895. The number of rotatable bonds is 9. The van der Waals surface area contributed by atoms with Gasteiger partial charge in [0.05, 0.1) is 6.61 Å². The molecule has 0 atom stereocenters. The normalized spacial score (nSPS) is 10.6. The number of halogens is 2. The summed E-state index contributed by atoms with van der Waals surface area (Å²) in [4.78, 5) is 12.6. The molecule has 9 heteroatoms. The fourth-order valence-corrected chi connectivity index (χ4v) is 3.27. The molecule has 1 aromatic heterocycles. The van der Waals surface area contributed by atoms with E-state index in [9.17, 15) is 5.11 Å². The number of nitrogens with one attached hydrogen (secondary N) is 1. The summed E-state index contributed by atoms with van der Waals surface area (Å²) in [5.41, 5.74) is 1.10. The largest absolute Gasteiger partial charge is 0.508 e. The molecule has 0 saturated carbocycles. The van der Waals surface area contributed by atoms with E-state index in [4.69, 9.17) is 27.9 Å². The zero-order valence-corrected chi connectivity index (χ0v) is 17.1. The van der Waals surface area contributed by atoms with E-state index in [1.165, 1.54) is 11.8 Å². The topological polar surface area (TPSA) is 80.2 Å². The summed E-state index contributed by atoms with van der Waals surface area (Å²) in [7, 11) is 0. The van der Waals surface area contributed by atoms with Crippen molar-refractivity contribution in [1.82, 2.24) is 15.0 Å². The van der Waals surface area contributed by atoms with E-state index in [0.717, 1.165) is 17.7 Å². The Morgan fingerprint density at radius 2 is 1.71 bits per heavy atom. The molecule has 0 saturated heterocycles. The van der Waals surface area contributed by atoms with Gasteiger partial charge in [0, 0.05) is 17.3 Å². The van der Waals surface area contributed by atoms with Crippen LogP contribution >= 0.6 is 35.0 Å². The number of phenols is 1. The van der Waals surface area contributed by atoms with Crippen LogP contribution in [0, 0.1) is 0 Å². The molecular weight excluding hydrogens is 419 g/mol. The lowest BCUT2D eigenvalue weighted by Crippen LogP contribution is -2.09. The third-order valence-electron chi connectivity index (χ3n) is 3.62. The van der Waals surface area contributed by atoms with Crippen molar-refractivity contribution >= 4 is 40.9 Å². The summed E-state index contributed by atoms with van der Waals surface area (Å²) >= 11 is 13.3. The Morgan fingerprint density at radius 1 is 0.964 bits per heavy atom. The molecule has 28 heavy (non-hydrogen) atoms. The van der Waals surface area contributed by atoms with Crippen LogP contribution in [0.15, 0.2) is 53.7 Å². The number of benzene rings is 2. The van der Waals surface area contributed by atoms with Gasteiger partial charge in [0.15, 0.2) is 5.16 Å². The van der Waals surface area contributed by atoms with Gasteiger partial charge in [-0.3, -0.25) is 0 Å². The third kappa shape index (κ3) is 6.74. The van der Waals surface area contributed by atoms with Gasteiger partial charge in [0.1, 0.15) is 11.5 Å². The lowest BCUT2D eigenvalue weighted by molar-refractivity contribution is 0.344. The molecule has 1 heterocycles. The maximum absolute atomic E-state index is 9.31. The Labute approximate surface area is 177 Å². The van der Waals surface area contributed by atoms with E-state index >= 15 is 0 Å². The molecule has 2 aromatic carbocycles. The summed E-state index contributed by atoms with van der Waals surface area (Å²) in [5.74, 6) is 2.11. The van der Waals surface area contributed by atoms with Crippen LogP contribution in [0.25, 0.3) is 0 Å². The van der Waals surface area contributed by atoms with Gasteiger partial charge in [0.2, 0.25) is 11.2 Å². The molecule has 0 spiro atoms. The van der Waals surface area contributed by atoms with Gasteiger partial charge >= 0.3 is 0 Å². The zero-order chi connectivity index (χ0) is 19.8. The van der Waals surface area contributed by atoms with E-state index in [1.54, 1.807) is 24.3 Å². The number of phenolic OH excluding ortho intramolecular Hbond substituents is 1. The van der Waals surface area contributed by atoms with Crippen LogP contribution in [-0.2, 0) is 6.42 Å². The predicted octanol–water partition coefficient (Wildman–Crippen LogP) is 4.71. The summed E-state index contributed by atoms with van der Waals surface area (Å²) in [6, 6.07) is 14.3. The molecule has 0 aliphatic carbocycles. The summed E-state index contributed by atoms with van der Waals surface area (Å²) in [5, 5.41) is 13.8. The second-order valence-electron chi connectivity index (χ2n) is 5.70. The number of hydrogen-bond donors (Lipinski definition) is 2. The van der Waals surface area contributed by atoms with Gasteiger partial charge < -0.3 is 15.2 Å². The molecule has 0 aliphatic heterocycles. The monoisotopic (exact) mass is 436 g/mol. The van der Waals surface area contributed by atoms with Gasteiger partial charge in [-0.25, -0.2) is 0 Å². The maximum atomic E-state index is 9.31. The average Bonchev–Trinajstić information content (AvgIpc) is 2.68. The number of ether oxygens (including phenoxy) is 1. The predicted molar refractivity (Wildman–Crippen MR) is 113 cm³/mol. The van der Waals surface area contributed by atoms with Crippen molar-refractivity contribution in [3.63, 3.8) is 0 Å². The molecule has 0 aliphatic rings. The Hall–Kier alpha value is -2.22. The van der Waals surface area contributed by atoms with E-state index in [1.807, 2.05) is 24.3 Å². The quantitative estimate of drug-likeness (QED) is 0.371. The average molecular weight is 437 g/mol. The van der Waals surface area contributed by atoms with Crippen LogP contribution < -0.4 is 10.1 Å². The first-order valence-electron chi connectivity index (χ1n) is 8.53. The fourth-order valence-electron chi connectivity index (χ4n) is 2.28. The minimum atomic E-state index is 0.142. The van der Waals surface area contributed by atoms with Crippen LogP contribution in [0.5, 0.6) is 11.5 Å². The third-order valence-corrected chi connectivity index (χ3v) is 4.85. The van der Waals surface area contributed by atoms with Crippen molar-refractivity contribution in [3.8, 4) is 11.5 Å². The minimum absolute atomic E-state index is 0.142. The summed E-state index contributed by atoms with van der Waals surface area (Å²) < 4.78 is 5.65. The molecule has 6 nitrogen and oxygen atoms in total. The number of hydrogen-bond acceptors (Lipinski definition) is 7. The molecule has 3 aromatic rings. The van der Waals surface area contributed by atoms with Crippen molar-refractivity contribution in [3.05, 3.63) is 64.4 Å². The molecule has 0 radical (unpaired) electrons. The van der Waals surface area contributed by atoms with Gasteiger partial charge in [-0.05, 0) is 60.0 Å². The number of aromatic hydroxyl groups is 1. The molecule has 0 unspecified atom stereocenters. The Morgan fingerprint density at radius 3 is 2.46 bits per heavy atom. The van der Waals surface area contributed by atoms with Crippen molar-refractivity contribution < 1.29 is 9.84 Å². The Balaban J connectivity index is 1.45. The number of nitrogens with zero attached hydrogens (tertiary/aromatic N) is 3. The van der Waals surface area contributed by atoms with Crippen molar-refractivity contribution in [2.75, 3.05) is 24.2 Å². The highest BCUT2D eigenvalue weighted by atomic mass is 35.5. The SMILES string of the molecule is Oc1ccc(CCNc2nc(Cl)nc(SCCOc3ccc(Cl)cc3)n2)cc1. The van der Waals surface area contributed by atoms with Gasteiger partial charge in [-0.15, -0.1) is 0 Å². The van der Waals surface area contributed by atoms with Gasteiger partial charge in [-0.1, -0.05) is 35.5 Å². The lowest BCUT2D eigenvalue weighted by atomic mass is 10.1. The second-order valence-corrected chi connectivity index (χ2v) is 7.54. The first-order chi connectivity index (χ1) is 13.6. The van der Waals surface area contributed by atoms with Crippen LogP contribution in [0.2, 0.25) is 10.3 Å². The highest BCUT2D eigenvalue weighted by Crippen LogP contribution is 2.19. The van der Waals surface area contributed by atoms with Crippen molar-refractivity contribution in [2.24, 2.45) is 0 Å². The molecular formula is C19H18Cl2N4O2S. The molecule has 0 amide bonds. The zero-order valence-electron chi connectivity index (χ0n) is 14.8. The summed E-state index contributed by atoms with van der Waals surface area (Å²) in [6.07, 6.45) is 0.765. The molecule has 0 fully saturated rings. The Kier molecular flexibility index (Phi) is 7.59.